The van der Waals surface area contributed by atoms with Gasteiger partial charge in [-0.05, 0) is 24.0 Å². The molecule has 1 aliphatic carbocycles. The molecule has 1 saturated carbocycles. The van der Waals surface area contributed by atoms with Crippen LogP contribution in [0.1, 0.15) is 34.5 Å². The zero-order chi connectivity index (χ0) is 18.5. The molecule has 0 bridgehead atoms. The topological polar surface area (TPSA) is 61.3 Å². The van der Waals surface area contributed by atoms with Gasteiger partial charge in [0.25, 0.3) is 5.88 Å². The highest BCUT2D eigenvalue weighted by molar-refractivity contribution is 5.97. The van der Waals surface area contributed by atoms with Crippen LogP contribution in [0.3, 0.4) is 0 Å². The van der Waals surface area contributed by atoms with E-state index in [0.717, 1.165) is 24.0 Å². The van der Waals surface area contributed by atoms with Crippen molar-refractivity contribution in [1.29, 1.82) is 0 Å². The first-order valence-corrected chi connectivity index (χ1v) is 9.05. The monoisotopic (exact) mass is 360 g/mol. The number of nitrogens with zero attached hydrogens (tertiary/aromatic N) is 2. The second-order valence-corrected chi connectivity index (χ2v) is 6.59. The molecule has 5 nitrogen and oxygen atoms in total. The Kier molecular flexibility index (Phi) is 5.10. The van der Waals surface area contributed by atoms with E-state index in [2.05, 4.69) is 10.2 Å². The fourth-order valence-electron chi connectivity index (χ4n) is 2.70. The standard InChI is InChI=1S/C22H20N2O3/c25-21(18-11-12-18)19-13-20(26-14-16-7-3-1-4-8-16)22(24-23-19)27-15-17-9-5-2-6-10-17/h1-10,13,18H,11-12,14-15H2. The Morgan fingerprint density at radius 2 is 1.44 bits per heavy atom. The summed E-state index contributed by atoms with van der Waals surface area (Å²) in [6, 6.07) is 21.3. The van der Waals surface area contributed by atoms with E-state index in [0.29, 0.717) is 30.5 Å². The van der Waals surface area contributed by atoms with Gasteiger partial charge >= 0.3 is 0 Å². The maximum atomic E-state index is 12.3. The third kappa shape index (κ3) is 4.50. The highest BCUT2D eigenvalue weighted by Crippen LogP contribution is 2.34. The maximum absolute atomic E-state index is 12.3. The average molecular weight is 360 g/mol. The number of benzene rings is 2. The fourth-order valence-corrected chi connectivity index (χ4v) is 2.70. The van der Waals surface area contributed by atoms with E-state index in [9.17, 15) is 4.79 Å². The van der Waals surface area contributed by atoms with Crippen LogP contribution in [-0.2, 0) is 13.2 Å². The molecule has 2 aromatic carbocycles. The van der Waals surface area contributed by atoms with Crippen LogP contribution in [0.25, 0.3) is 0 Å². The highest BCUT2D eigenvalue weighted by atomic mass is 16.5. The van der Waals surface area contributed by atoms with Gasteiger partial charge in [0, 0.05) is 12.0 Å². The van der Waals surface area contributed by atoms with Crippen molar-refractivity contribution in [3.8, 4) is 11.6 Å². The predicted octanol–water partition coefficient (Wildman–Crippen LogP) is 4.23. The van der Waals surface area contributed by atoms with Gasteiger partial charge in [0.15, 0.2) is 11.5 Å². The Labute approximate surface area is 158 Å². The Balaban J connectivity index is 1.53. The summed E-state index contributed by atoms with van der Waals surface area (Å²) in [5, 5.41) is 8.18. The number of Topliss-reactive ketones (excluding diaryl/α,β-unsaturated/α-hetero) is 1. The van der Waals surface area contributed by atoms with E-state index >= 15 is 0 Å². The first-order valence-electron chi connectivity index (χ1n) is 9.05. The molecule has 1 fully saturated rings. The molecule has 1 aliphatic rings. The minimum Gasteiger partial charge on any atom is -0.483 e. The molecule has 5 heteroatoms. The number of carbonyl (C=O) groups excluding carboxylic acids is 1. The molecule has 4 rings (SSSR count). The van der Waals surface area contributed by atoms with Gasteiger partial charge in [-0.25, -0.2) is 0 Å². The Bertz CT molecular complexity index is 909. The number of hydrogen-bond donors (Lipinski definition) is 0. The van der Waals surface area contributed by atoms with Crippen molar-refractivity contribution in [3.63, 3.8) is 0 Å². The highest BCUT2D eigenvalue weighted by Gasteiger charge is 2.32. The summed E-state index contributed by atoms with van der Waals surface area (Å²) in [6.45, 7) is 0.721. The summed E-state index contributed by atoms with van der Waals surface area (Å²) < 4.78 is 11.7. The predicted molar refractivity (Wildman–Crippen MR) is 101 cm³/mol. The average Bonchev–Trinajstić information content (AvgIpc) is 3.57. The second kappa shape index (κ2) is 7.99. The third-order valence-electron chi connectivity index (χ3n) is 4.38. The number of ether oxygens (including phenoxy) is 2. The van der Waals surface area contributed by atoms with Gasteiger partial charge in [-0.3, -0.25) is 4.79 Å². The molecule has 1 heterocycles. The van der Waals surface area contributed by atoms with Crippen molar-refractivity contribution < 1.29 is 14.3 Å². The number of aromatic nitrogens is 2. The molecule has 0 N–H and O–H groups in total. The first-order chi connectivity index (χ1) is 13.3. The Morgan fingerprint density at radius 1 is 0.852 bits per heavy atom. The molecule has 0 unspecified atom stereocenters. The van der Waals surface area contributed by atoms with Crippen molar-refractivity contribution in [2.24, 2.45) is 5.92 Å². The zero-order valence-electron chi connectivity index (χ0n) is 14.9. The van der Waals surface area contributed by atoms with Crippen LogP contribution < -0.4 is 9.47 Å². The van der Waals surface area contributed by atoms with Gasteiger partial charge in [-0.1, -0.05) is 60.7 Å². The summed E-state index contributed by atoms with van der Waals surface area (Å²) in [5.74, 6) is 0.843. The van der Waals surface area contributed by atoms with Gasteiger partial charge in [-0.2, -0.15) is 0 Å². The summed E-state index contributed by atoms with van der Waals surface area (Å²) in [5.41, 5.74) is 2.39. The molecule has 0 saturated heterocycles. The Morgan fingerprint density at radius 3 is 2.04 bits per heavy atom. The van der Waals surface area contributed by atoms with Crippen LogP contribution in [0.5, 0.6) is 11.6 Å². The van der Waals surface area contributed by atoms with Crippen LogP contribution in [0.4, 0.5) is 0 Å². The largest absolute Gasteiger partial charge is 0.483 e. The molecule has 0 spiro atoms. The van der Waals surface area contributed by atoms with E-state index in [1.807, 2.05) is 60.7 Å². The maximum Gasteiger partial charge on any atom is 0.276 e. The molecule has 0 radical (unpaired) electrons. The van der Waals surface area contributed by atoms with Crippen LogP contribution in [0, 0.1) is 5.92 Å². The Hall–Kier alpha value is -3.21. The van der Waals surface area contributed by atoms with Gasteiger partial charge in [0.1, 0.15) is 18.9 Å². The molecule has 136 valence electrons. The molecular weight excluding hydrogens is 340 g/mol. The SMILES string of the molecule is O=C(c1cc(OCc2ccccc2)c(OCc2ccccc2)nn1)C1CC1. The molecule has 27 heavy (non-hydrogen) atoms. The van der Waals surface area contributed by atoms with E-state index in [-0.39, 0.29) is 11.7 Å². The van der Waals surface area contributed by atoms with Gasteiger partial charge in [-0.15, -0.1) is 10.2 Å². The summed E-state index contributed by atoms with van der Waals surface area (Å²) in [7, 11) is 0. The minimum absolute atomic E-state index is 0.0293. The fraction of sp³-hybridized carbons (Fsp3) is 0.227. The number of hydrogen-bond acceptors (Lipinski definition) is 5. The molecular formula is C22H20N2O3. The van der Waals surface area contributed by atoms with Gasteiger partial charge in [0.2, 0.25) is 0 Å². The number of carbonyl (C=O) groups is 1. The van der Waals surface area contributed by atoms with Crippen LogP contribution in [0.2, 0.25) is 0 Å². The van der Waals surface area contributed by atoms with Gasteiger partial charge in [0.05, 0.1) is 0 Å². The second-order valence-electron chi connectivity index (χ2n) is 6.59. The summed E-state index contributed by atoms with van der Waals surface area (Å²) in [6.07, 6.45) is 1.85. The van der Waals surface area contributed by atoms with Crippen molar-refractivity contribution in [1.82, 2.24) is 10.2 Å². The van der Waals surface area contributed by atoms with Crippen LogP contribution >= 0.6 is 0 Å². The van der Waals surface area contributed by atoms with Crippen molar-refractivity contribution in [2.45, 2.75) is 26.1 Å². The zero-order valence-corrected chi connectivity index (χ0v) is 14.9. The molecule has 0 amide bonds. The smallest absolute Gasteiger partial charge is 0.276 e. The summed E-state index contributed by atoms with van der Waals surface area (Å²) >= 11 is 0. The minimum atomic E-state index is 0.0293. The number of ketones is 1. The molecule has 3 aromatic rings. The van der Waals surface area contributed by atoms with Crippen LogP contribution in [0.15, 0.2) is 66.7 Å². The lowest BCUT2D eigenvalue weighted by Crippen LogP contribution is -2.09. The molecule has 0 atom stereocenters. The van der Waals surface area contributed by atoms with Crippen molar-refractivity contribution in [2.75, 3.05) is 0 Å². The lowest BCUT2D eigenvalue weighted by molar-refractivity contribution is 0.0960. The van der Waals surface area contributed by atoms with E-state index in [1.165, 1.54) is 0 Å². The normalized spacial score (nSPS) is 13.2. The lowest BCUT2D eigenvalue weighted by atomic mass is 10.2. The quantitative estimate of drug-likeness (QED) is 0.563. The van der Waals surface area contributed by atoms with Crippen molar-refractivity contribution in [3.05, 3.63) is 83.6 Å². The van der Waals surface area contributed by atoms with E-state index in [1.54, 1.807) is 6.07 Å². The molecule has 0 aliphatic heterocycles. The van der Waals surface area contributed by atoms with Crippen LogP contribution in [-0.4, -0.2) is 16.0 Å². The lowest BCUT2D eigenvalue weighted by Gasteiger charge is -2.12. The van der Waals surface area contributed by atoms with E-state index in [4.69, 9.17) is 9.47 Å². The van der Waals surface area contributed by atoms with Gasteiger partial charge < -0.3 is 9.47 Å². The van der Waals surface area contributed by atoms with E-state index < -0.39 is 0 Å². The van der Waals surface area contributed by atoms with Crippen molar-refractivity contribution >= 4 is 5.78 Å². The first kappa shape index (κ1) is 17.2. The third-order valence-corrected chi connectivity index (χ3v) is 4.38. The molecule has 1 aromatic heterocycles. The number of rotatable bonds is 8. The summed E-state index contributed by atoms with van der Waals surface area (Å²) in [4.78, 5) is 12.3.